The number of pyridine rings is 1. The van der Waals surface area contributed by atoms with Crippen LogP contribution in [0.2, 0.25) is 0 Å². The SMILES string of the molecule is NC(=O)C1CCC(C2COc3cnc4ccc(F)cc4c3C2)CC1. The van der Waals surface area contributed by atoms with Crippen molar-refractivity contribution in [2.75, 3.05) is 6.61 Å². The maximum Gasteiger partial charge on any atom is 0.220 e. The minimum absolute atomic E-state index is 0.0252. The van der Waals surface area contributed by atoms with E-state index >= 15 is 0 Å². The second kappa shape index (κ2) is 6.04. The molecule has 1 atom stereocenters. The minimum atomic E-state index is -0.248. The number of primary amides is 1. The fourth-order valence-electron chi connectivity index (χ4n) is 4.23. The van der Waals surface area contributed by atoms with E-state index in [4.69, 9.17) is 10.5 Å². The summed E-state index contributed by atoms with van der Waals surface area (Å²) in [5.74, 6) is 1.31. The summed E-state index contributed by atoms with van der Waals surface area (Å²) in [5.41, 5.74) is 7.29. The highest BCUT2D eigenvalue weighted by molar-refractivity contribution is 5.84. The Bertz CT molecular complexity index is 784. The molecule has 1 fully saturated rings. The lowest BCUT2D eigenvalue weighted by Crippen LogP contribution is -2.34. The third-order valence-electron chi connectivity index (χ3n) is 5.66. The Morgan fingerprint density at radius 2 is 2.00 bits per heavy atom. The molecule has 1 unspecified atom stereocenters. The molecule has 1 aliphatic carbocycles. The highest BCUT2D eigenvalue weighted by Crippen LogP contribution is 2.40. The van der Waals surface area contributed by atoms with Crippen molar-refractivity contribution in [1.82, 2.24) is 4.98 Å². The highest BCUT2D eigenvalue weighted by Gasteiger charge is 2.33. The predicted molar refractivity (Wildman–Crippen MR) is 89.0 cm³/mol. The molecule has 2 heterocycles. The first-order valence-corrected chi connectivity index (χ1v) is 8.61. The number of hydrogen-bond donors (Lipinski definition) is 1. The number of rotatable bonds is 2. The summed E-state index contributed by atoms with van der Waals surface area (Å²) in [6.07, 6.45) is 6.38. The maximum absolute atomic E-state index is 13.7. The Morgan fingerprint density at radius 1 is 1.21 bits per heavy atom. The Balaban J connectivity index is 1.57. The largest absolute Gasteiger partial charge is 0.491 e. The van der Waals surface area contributed by atoms with Crippen molar-refractivity contribution in [1.29, 1.82) is 0 Å². The van der Waals surface area contributed by atoms with E-state index in [1.54, 1.807) is 18.3 Å². The average molecular weight is 328 g/mol. The van der Waals surface area contributed by atoms with Crippen LogP contribution in [0.25, 0.3) is 10.9 Å². The van der Waals surface area contributed by atoms with Crippen molar-refractivity contribution in [2.45, 2.75) is 32.1 Å². The van der Waals surface area contributed by atoms with Gasteiger partial charge in [0.1, 0.15) is 11.6 Å². The number of benzene rings is 1. The Hall–Kier alpha value is -2.17. The van der Waals surface area contributed by atoms with Crippen LogP contribution in [0.3, 0.4) is 0 Å². The maximum atomic E-state index is 13.7. The Labute approximate surface area is 140 Å². The van der Waals surface area contributed by atoms with Crippen molar-refractivity contribution < 1.29 is 13.9 Å². The highest BCUT2D eigenvalue weighted by atomic mass is 19.1. The van der Waals surface area contributed by atoms with Gasteiger partial charge < -0.3 is 10.5 Å². The molecule has 0 spiro atoms. The molecule has 5 heteroatoms. The molecule has 2 aromatic rings. The lowest BCUT2D eigenvalue weighted by atomic mass is 9.73. The molecule has 0 saturated heterocycles. The van der Waals surface area contributed by atoms with Crippen molar-refractivity contribution in [3.63, 3.8) is 0 Å². The van der Waals surface area contributed by atoms with Crippen LogP contribution >= 0.6 is 0 Å². The first-order valence-electron chi connectivity index (χ1n) is 8.61. The number of carbonyl (C=O) groups is 1. The monoisotopic (exact) mass is 328 g/mol. The number of carbonyl (C=O) groups excluding carboxylic acids is 1. The summed E-state index contributed by atoms with van der Waals surface area (Å²) in [4.78, 5) is 15.7. The number of ether oxygens (including phenoxy) is 1. The van der Waals surface area contributed by atoms with E-state index in [9.17, 15) is 9.18 Å². The van der Waals surface area contributed by atoms with Crippen LogP contribution in [0.1, 0.15) is 31.2 Å². The molecular weight excluding hydrogens is 307 g/mol. The number of amides is 1. The number of nitrogens with two attached hydrogens (primary N) is 1. The van der Waals surface area contributed by atoms with Gasteiger partial charge >= 0.3 is 0 Å². The molecule has 1 aromatic carbocycles. The van der Waals surface area contributed by atoms with Crippen molar-refractivity contribution in [3.8, 4) is 5.75 Å². The number of hydrogen-bond acceptors (Lipinski definition) is 3. The zero-order valence-corrected chi connectivity index (χ0v) is 13.5. The van der Waals surface area contributed by atoms with E-state index < -0.39 is 0 Å². The van der Waals surface area contributed by atoms with E-state index in [-0.39, 0.29) is 17.6 Å². The van der Waals surface area contributed by atoms with Gasteiger partial charge in [-0.2, -0.15) is 0 Å². The van der Waals surface area contributed by atoms with Crippen LogP contribution in [0, 0.1) is 23.6 Å². The van der Waals surface area contributed by atoms with Gasteiger partial charge in [-0.3, -0.25) is 9.78 Å². The Kier molecular flexibility index (Phi) is 3.87. The molecule has 1 saturated carbocycles. The summed E-state index contributed by atoms with van der Waals surface area (Å²) in [5, 5.41) is 0.850. The summed E-state index contributed by atoms with van der Waals surface area (Å²) in [7, 11) is 0. The van der Waals surface area contributed by atoms with Crippen LogP contribution in [0.15, 0.2) is 24.4 Å². The van der Waals surface area contributed by atoms with Crippen molar-refractivity contribution in [3.05, 3.63) is 35.8 Å². The molecular formula is C19H21FN2O2. The first-order chi connectivity index (χ1) is 11.6. The van der Waals surface area contributed by atoms with Crippen LogP contribution in [0.4, 0.5) is 4.39 Å². The average Bonchev–Trinajstić information content (AvgIpc) is 2.61. The summed E-state index contributed by atoms with van der Waals surface area (Å²) < 4.78 is 19.6. The van der Waals surface area contributed by atoms with Gasteiger partial charge in [-0.15, -0.1) is 0 Å². The first kappa shape index (κ1) is 15.4. The summed E-state index contributed by atoms with van der Waals surface area (Å²) >= 11 is 0. The molecule has 4 nitrogen and oxygen atoms in total. The third-order valence-corrected chi connectivity index (χ3v) is 5.66. The van der Waals surface area contributed by atoms with Crippen LogP contribution in [-0.4, -0.2) is 17.5 Å². The normalized spacial score (nSPS) is 26.6. The molecule has 2 N–H and O–H groups in total. The van der Waals surface area contributed by atoms with Gasteiger partial charge in [0, 0.05) is 16.9 Å². The van der Waals surface area contributed by atoms with Crippen molar-refractivity contribution in [2.24, 2.45) is 23.5 Å². The second-order valence-corrected chi connectivity index (χ2v) is 7.05. The summed E-state index contributed by atoms with van der Waals surface area (Å²) in [6.45, 7) is 0.668. The van der Waals surface area contributed by atoms with Gasteiger partial charge in [0.25, 0.3) is 0 Å². The fraction of sp³-hybridized carbons (Fsp3) is 0.474. The molecule has 24 heavy (non-hydrogen) atoms. The van der Waals surface area contributed by atoms with Gasteiger partial charge in [-0.25, -0.2) is 4.39 Å². The molecule has 0 radical (unpaired) electrons. The third kappa shape index (κ3) is 2.72. The molecule has 1 amide bonds. The smallest absolute Gasteiger partial charge is 0.220 e. The zero-order valence-electron chi connectivity index (χ0n) is 13.5. The van der Waals surface area contributed by atoms with Crippen LogP contribution < -0.4 is 10.5 Å². The fourth-order valence-corrected chi connectivity index (χ4v) is 4.23. The molecule has 2 aliphatic rings. The number of aromatic nitrogens is 1. The number of nitrogens with zero attached hydrogens (tertiary/aromatic N) is 1. The molecule has 0 bridgehead atoms. The zero-order chi connectivity index (χ0) is 16.7. The van der Waals surface area contributed by atoms with E-state index in [2.05, 4.69) is 4.98 Å². The predicted octanol–water partition coefficient (Wildman–Crippen LogP) is 3.22. The summed E-state index contributed by atoms with van der Waals surface area (Å²) in [6, 6.07) is 4.71. The molecule has 4 rings (SSSR count). The van der Waals surface area contributed by atoms with E-state index in [0.29, 0.717) is 18.4 Å². The van der Waals surface area contributed by atoms with E-state index in [1.165, 1.54) is 6.07 Å². The van der Waals surface area contributed by atoms with Gasteiger partial charge in [-0.1, -0.05) is 0 Å². The van der Waals surface area contributed by atoms with Gasteiger partial charge in [0.05, 0.1) is 18.3 Å². The van der Waals surface area contributed by atoms with Gasteiger partial charge in [-0.05, 0) is 62.1 Å². The number of halogens is 1. The minimum Gasteiger partial charge on any atom is -0.491 e. The van der Waals surface area contributed by atoms with Crippen LogP contribution in [-0.2, 0) is 11.2 Å². The molecule has 1 aliphatic heterocycles. The van der Waals surface area contributed by atoms with Gasteiger partial charge in [0.15, 0.2) is 0 Å². The topological polar surface area (TPSA) is 65.2 Å². The quantitative estimate of drug-likeness (QED) is 0.920. The number of fused-ring (bicyclic) bond motifs is 3. The standard InChI is InChI=1S/C19H21FN2O2/c20-14-5-6-17-15(8-14)16-7-13(10-24-18(16)9-22-17)11-1-3-12(4-2-11)19(21)23/h5-6,8-9,11-13H,1-4,7,10H2,(H2,21,23). The molecule has 1 aromatic heterocycles. The molecule has 126 valence electrons. The second-order valence-electron chi connectivity index (χ2n) is 7.05. The van der Waals surface area contributed by atoms with E-state index in [1.807, 2.05) is 0 Å². The van der Waals surface area contributed by atoms with Crippen molar-refractivity contribution >= 4 is 16.8 Å². The lowest BCUT2D eigenvalue weighted by Gasteiger charge is -2.35. The Morgan fingerprint density at radius 3 is 2.75 bits per heavy atom. The lowest BCUT2D eigenvalue weighted by molar-refractivity contribution is -0.123. The van der Waals surface area contributed by atoms with E-state index in [0.717, 1.165) is 54.3 Å². The van der Waals surface area contributed by atoms with Crippen LogP contribution in [0.5, 0.6) is 5.75 Å². The van der Waals surface area contributed by atoms with Gasteiger partial charge in [0.2, 0.25) is 5.91 Å².